The fraction of sp³-hybridized carbons (Fsp3) is 0.417. The van der Waals surface area contributed by atoms with Crippen molar-refractivity contribution in [1.82, 2.24) is 5.32 Å². The highest BCUT2D eigenvalue weighted by Crippen LogP contribution is 2.19. The zero-order chi connectivity index (χ0) is 11.4. The number of aryl methyl sites for hydroxylation is 1. The maximum absolute atomic E-state index is 11.8. The fourth-order valence-electron chi connectivity index (χ4n) is 1.34. The molecule has 1 N–H and O–H groups in total. The Labute approximate surface area is 90.4 Å². The van der Waals surface area contributed by atoms with Crippen LogP contribution >= 0.6 is 0 Å². The minimum atomic E-state index is -0.0921. The summed E-state index contributed by atoms with van der Waals surface area (Å²) < 4.78 is 5.14. The van der Waals surface area contributed by atoms with E-state index in [2.05, 4.69) is 5.32 Å². The van der Waals surface area contributed by atoms with E-state index in [1.807, 2.05) is 39.0 Å². The van der Waals surface area contributed by atoms with Gasteiger partial charge in [-0.05, 0) is 32.9 Å². The van der Waals surface area contributed by atoms with Crippen molar-refractivity contribution in [2.75, 3.05) is 7.11 Å². The van der Waals surface area contributed by atoms with Crippen molar-refractivity contribution in [2.24, 2.45) is 0 Å². The van der Waals surface area contributed by atoms with Gasteiger partial charge in [-0.25, -0.2) is 0 Å². The number of benzene rings is 1. The Morgan fingerprint density at radius 3 is 2.60 bits per heavy atom. The number of hydrogen-bond donors (Lipinski definition) is 1. The molecule has 1 aromatic rings. The van der Waals surface area contributed by atoms with E-state index in [4.69, 9.17) is 4.74 Å². The maximum Gasteiger partial charge on any atom is 0.255 e. The zero-order valence-corrected chi connectivity index (χ0v) is 9.63. The smallest absolute Gasteiger partial charge is 0.255 e. The molecule has 1 amide bonds. The van der Waals surface area contributed by atoms with Crippen LogP contribution in [0.1, 0.15) is 29.8 Å². The molecule has 0 heterocycles. The third-order valence-electron chi connectivity index (χ3n) is 2.02. The number of methoxy groups -OCH3 is 1. The normalized spacial score (nSPS) is 10.2. The molecule has 1 rings (SSSR count). The average Bonchev–Trinajstić information content (AvgIpc) is 2.16. The molecule has 0 fully saturated rings. The number of carbonyl (C=O) groups is 1. The van der Waals surface area contributed by atoms with E-state index < -0.39 is 0 Å². The van der Waals surface area contributed by atoms with Gasteiger partial charge in [-0.1, -0.05) is 11.6 Å². The Balaban J connectivity index is 3.00. The molecule has 0 atom stereocenters. The van der Waals surface area contributed by atoms with Crippen LogP contribution in [0.15, 0.2) is 18.2 Å². The predicted octanol–water partition coefficient (Wildman–Crippen LogP) is 2.14. The molecule has 0 saturated heterocycles. The summed E-state index contributed by atoms with van der Waals surface area (Å²) in [6, 6.07) is 5.69. The molecule has 0 saturated carbocycles. The van der Waals surface area contributed by atoms with Gasteiger partial charge in [-0.15, -0.1) is 0 Å². The second kappa shape index (κ2) is 4.82. The van der Waals surface area contributed by atoms with Gasteiger partial charge in [0.05, 0.1) is 12.7 Å². The summed E-state index contributed by atoms with van der Waals surface area (Å²) in [4.78, 5) is 11.8. The first-order chi connectivity index (χ1) is 7.04. The summed E-state index contributed by atoms with van der Waals surface area (Å²) in [5.41, 5.74) is 1.64. The lowest BCUT2D eigenvalue weighted by molar-refractivity contribution is 0.0940. The molecule has 3 nitrogen and oxygen atoms in total. The topological polar surface area (TPSA) is 38.3 Å². The van der Waals surface area contributed by atoms with Crippen LogP contribution in [0.3, 0.4) is 0 Å². The number of hydrogen-bond acceptors (Lipinski definition) is 2. The molecule has 0 bridgehead atoms. The average molecular weight is 207 g/mol. The summed E-state index contributed by atoms with van der Waals surface area (Å²) in [7, 11) is 1.57. The lowest BCUT2D eigenvalue weighted by atomic mass is 10.1. The number of nitrogens with one attached hydrogen (secondary N) is 1. The van der Waals surface area contributed by atoms with Crippen LogP contribution in [0.25, 0.3) is 0 Å². The van der Waals surface area contributed by atoms with Crippen molar-refractivity contribution in [3.63, 3.8) is 0 Å². The third-order valence-corrected chi connectivity index (χ3v) is 2.02. The summed E-state index contributed by atoms with van der Waals surface area (Å²) in [6.07, 6.45) is 0. The predicted molar refractivity (Wildman–Crippen MR) is 60.3 cm³/mol. The molecule has 0 unspecified atom stereocenters. The minimum absolute atomic E-state index is 0.0921. The van der Waals surface area contributed by atoms with E-state index in [1.54, 1.807) is 7.11 Å². The number of rotatable bonds is 3. The van der Waals surface area contributed by atoms with Gasteiger partial charge in [-0.2, -0.15) is 0 Å². The Morgan fingerprint density at radius 2 is 2.07 bits per heavy atom. The van der Waals surface area contributed by atoms with Crippen LogP contribution in [-0.2, 0) is 0 Å². The molecule has 1 aromatic carbocycles. The molecule has 82 valence electrons. The second-order valence-corrected chi connectivity index (χ2v) is 3.83. The van der Waals surface area contributed by atoms with Crippen LogP contribution in [0, 0.1) is 6.92 Å². The largest absolute Gasteiger partial charge is 0.496 e. The van der Waals surface area contributed by atoms with Crippen LogP contribution in [0.4, 0.5) is 0 Å². The molecular weight excluding hydrogens is 190 g/mol. The lowest BCUT2D eigenvalue weighted by Gasteiger charge is -2.12. The fourth-order valence-corrected chi connectivity index (χ4v) is 1.34. The van der Waals surface area contributed by atoms with E-state index in [-0.39, 0.29) is 11.9 Å². The van der Waals surface area contributed by atoms with Crippen molar-refractivity contribution in [3.05, 3.63) is 29.3 Å². The Kier molecular flexibility index (Phi) is 3.72. The van der Waals surface area contributed by atoms with E-state index >= 15 is 0 Å². The first-order valence-corrected chi connectivity index (χ1v) is 5.00. The maximum atomic E-state index is 11.8. The van der Waals surface area contributed by atoms with Gasteiger partial charge in [0.15, 0.2) is 0 Å². The van der Waals surface area contributed by atoms with Gasteiger partial charge in [0.25, 0.3) is 5.91 Å². The van der Waals surface area contributed by atoms with E-state index in [1.165, 1.54) is 0 Å². The SMILES string of the molecule is COc1ccc(C)cc1C(=O)NC(C)C. The number of amides is 1. The van der Waals surface area contributed by atoms with Gasteiger partial charge in [-0.3, -0.25) is 4.79 Å². The molecule has 0 spiro atoms. The first kappa shape index (κ1) is 11.6. The van der Waals surface area contributed by atoms with Gasteiger partial charge in [0.2, 0.25) is 0 Å². The Bertz CT molecular complexity index is 359. The van der Waals surface area contributed by atoms with E-state index in [0.29, 0.717) is 11.3 Å². The molecule has 0 radical (unpaired) electrons. The Hall–Kier alpha value is -1.51. The highest BCUT2D eigenvalue weighted by atomic mass is 16.5. The monoisotopic (exact) mass is 207 g/mol. The molecule has 0 aliphatic heterocycles. The molecule has 0 aliphatic carbocycles. The molecule has 3 heteroatoms. The molecular formula is C12H17NO2. The van der Waals surface area contributed by atoms with Crippen molar-refractivity contribution < 1.29 is 9.53 Å². The summed E-state index contributed by atoms with van der Waals surface area (Å²) in [5, 5.41) is 2.84. The standard InChI is InChI=1S/C12H17NO2/c1-8(2)13-12(14)10-7-9(3)5-6-11(10)15-4/h5-8H,1-4H3,(H,13,14). The van der Waals surface area contributed by atoms with Gasteiger partial charge in [0.1, 0.15) is 5.75 Å². The van der Waals surface area contributed by atoms with Crippen molar-refractivity contribution in [2.45, 2.75) is 26.8 Å². The lowest BCUT2D eigenvalue weighted by Crippen LogP contribution is -2.30. The van der Waals surface area contributed by atoms with Crippen molar-refractivity contribution in [3.8, 4) is 5.75 Å². The first-order valence-electron chi connectivity index (χ1n) is 5.00. The third kappa shape index (κ3) is 2.98. The van der Waals surface area contributed by atoms with Crippen LogP contribution < -0.4 is 10.1 Å². The highest BCUT2D eigenvalue weighted by Gasteiger charge is 2.12. The number of ether oxygens (including phenoxy) is 1. The zero-order valence-electron chi connectivity index (χ0n) is 9.63. The number of carbonyl (C=O) groups excluding carboxylic acids is 1. The quantitative estimate of drug-likeness (QED) is 0.824. The van der Waals surface area contributed by atoms with Crippen molar-refractivity contribution >= 4 is 5.91 Å². The van der Waals surface area contributed by atoms with E-state index in [9.17, 15) is 4.79 Å². The van der Waals surface area contributed by atoms with Crippen LogP contribution in [0.5, 0.6) is 5.75 Å². The van der Waals surface area contributed by atoms with Crippen molar-refractivity contribution in [1.29, 1.82) is 0 Å². The summed E-state index contributed by atoms with van der Waals surface area (Å²) in [6.45, 7) is 5.81. The Morgan fingerprint density at radius 1 is 1.40 bits per heavy atom. The molecule has 15 heavy (non-hydrogen) atoms. The van der Waals surface area contributed by atoms with Gasteiger partial charge < -0.3 is 10.1 Å². The summed E-state index contributed by atoms with van der Waals surface area (Å²) >= 11 is 0. The second-order valence-electron chi connectivity index (χ2n) is 3.83. The molecule has 0 aromatic heterocycles. The minimum Gasteiger partial charge on any atom is -0.496 e. The van der Waals surface area contributed by atoms with E-state index in [0.717, 1.165) is 5.56 Å². The van der Waals surface area contributed by atoms with Crippen LogP contribution in [-0.4, -0.2) is 19.1 Å². The van der Waals surface area contributed by atoms with Crippen LogP contribution in [0.2, 0.25) is 0 Å². The van der Waals surface area contributed by atoms with Gasteiger partial charge in [0, 0.05) is 6.04 Å². The van der Waals surface area contributed by atoms with Gasteiger partial charge >= 0.3 is 0 Å². The molecule has 0 aliphatic rings. The highest BCUT2D eigenvalue weighted by molar-refractivity contribution is 5.97. The summed E-state index contributed by atoms with van der Waals surface area (Å²) in [5.74, 6) is 0.518.